The van der Waals surface area contributed by atoms with E-state index < -0.39 is 17.1 Å². The number of fused-ring (bicyclic) bond motifs is 5. The van der Waals surface area contributed by atoms with E-state index in [2.05, 4.69) is 13.8 Å². The van der Waals surface area contributed by atoms with Crippen LogP contribution in [0.25, 0.3) is 0 Å². The van der Waals surface area contributed by atoms with Crippen molar-refractivity contribution in [2.75, 3.05) is 6.61 Å². The van der Waals surface area contributed by atoms with Gasteiger partial charge in [0.25, 0.3) is 0 Å². The van der Waals surface area contributed by atoms with Crippen LogP contribution >= 0.6 is 0 Å². The average Bonchev–Trinajstić information content (AvgIpc) is 3.29. The minimum Gasteiger partial charge on any atom is -0.463 e. The monoisotopic (exact) mass is 474 g/mol. The topological polar surface area (TPSA) is 99.1 Å². The van der Waals surface area contributed by atoms with Crippen LogP contribution in [-0.2, 0) is 28.6 Å². The molecule has 9 unspecified atom stereocenters. The molecule has 1 N–H and O–H groups in total. The first-order valence-electron chi connectivity index (χ1n) is 12.9. The SMILES string of the molecule is CC(=O)OC1CCC2(C)C(CCC3C2CC(OC(C)=O)C2(C)C(C4=CC(=O)OC4)CCC32O)C1. The molecule has 5 rings (SSSR count). The molecule has 0 radical (unpaired) electrons. The number of hydrogen-bond acceptors (Lipinski definition) is 7. The van der Waals surface area contributed by atoms with Crippen molar-refractivity contribution in [1.82, 2.24) is 0 Å². The van der Waals surface area contributed by atoms with Crippen molar-refractivity contribution in [3.05, 3.63) is 11.6 Å². The summed E-state index contributed by atoms with van der Waals surface area (Å²) < 4.78 is 16.8. The highest BCUT2D eigenvalue weighted by Gasteiger charge is 2.72. The number of esters is 3. The molecule has 4 aliphatic carbocycles. The normalized spacial score (nSPS) is 47.6. The van der Waals surface area contributed by atoms with Gasteiger partial charge in [-0.3, -0.25) is 9.59 Å². The zero-order chi connectivity index (χ0) is 24.5. The smallest absolute Gasteiger partial charge is 0.331 e. The summed E-state index contributed by atoms with van der Waals surface area (Å²) in [5, 5.41) is 12.5. The van der Waals surface area contributed by atoms with E-state index in [0.29, 0.717) is 18.8 Å². The van der Waals surface area contributed by atoms with Crippen LogP contribution in [0.5, 0.6) is 0 Å². The van der Waals surface area contributed by atoms with Crippen molar-refractivity contribution in [2.24, 2.45) is 34.5 Å². The van der Waals surface area contributed by atoms with Gasteiger partial charge in [-0.15, -0.1) is 0 Å². The molecule has 0 spiro atoms. The summed E-state index contributed by atoms with van der Waals surface area (Å²) in [6.07, 6.45) is 7.77. The van der Waals surface area contributed by atoms with Gasteiger partial charge in [-0.1, -0.05) is 13.8 Å². The molecular weight excluding hydrogens is 436 g/mol. The van der Waals surface area contributed by atoms with Gasteiger partial charge in [0.05, 0.1) is 5.60 Å². The largest absolute Gasteiger partial charge is 0.463 e. The lowest BCUT2D eigenvalue weighted by Crippen LogP contribution is -2.67. The lowest BCUT2D eigenvalue weighted by Gasteiger charge is -2.65. The summed E-state index contributed by atoms with van der Waals surface area (Å²) in [6, 6.07) is 0. The van der Waals surface area contributed by atoms with Gasteiger partial charge in [0.15, 0.2) is 0 Å². The summed E-state index contributed by atoms with van der Waals surface area (Å²) in [5.74, 6) is -0.190. The van der Waals surface area contributed by atoms with Gasteiger partial charge in [0, 0.05) is 25.3 Å². The third-order valence-electron chi connectivity index (χ3n) is 10.6. The second kappa shape index (κ2) is 8.07. The number of carbonyl (C=O) groups excluding carboxylic acids is 3. The van der Waals surface area contributed by atoms with Crippen molar-refractivity contribution in [3.8, 4) is 0 Å². The lowest BCUT2D eigenvalue weighted by atomic mass is 9.42. The van der Waals surface area contributed by atoms with Crippen molar-refractivity contribution in [2.45, 2.75) is 96.9 Å². The number of aliphatic hydroxyl groups is 1. The van der Waals surface area contributed by atoms with Crippen molar-refractivity contribution < 1.29 is 33.7 Å². The molecule has 1 aliphatic heterocycles. The van der Waals surface area contributed by atoms with E-state index in [-0.39, 0.29) is 53.8 Å². The number of cyclic esters (lactones) is 1. The average molecular weight is 475 g/mol. The number of ether oxygens (including phenoxy) is 3. The summed E-state index contributed by atoms with van der Waals surface area (Å²) >= 11 is 0. The maximum atomic E-state index is 12.5. The Bertz CT molecular complexity index is 926. The van der Waals surface area contributed by atoms with E-state index in [1.807, 2.05) is 0 Å². The molecule has 7 nitrogen and oxygen atoms in total. The van der Waals surface area contributed by atoms with E-state index in [9.17, 15) is 19.5 Å². The Morgan fingerprint density at radius 3 is 2.38 bits per heavy atom. The van der Waals surface area contributed by atoms with E-state index in [1.165, 1.54) is 13.8 Å². The highest BCUT2D eigenvalue weighted by atomic mass is 16.6. The molecule has 0 aromatic carbocycles. The van der Waals surface area contributed by atoms with E-state index in [1.54, 1.807) is 6.08 Å². The van der Waals surface area contributed by atoms with Gasteiger partial charge >= 0.3 is 17.9 Å². The Morgan fingerprint density at radius 1 is 1.00 bits per heavy atom. The minimum absolute atomic E-state index is 0.00118. The summed E-state index contributed by atoms with van der Waals surface area (Å²) in [5.41, 5.74) is -0.731. The zero-order valence-corrected chi connectivity index (χ0v) is 20.8. The van der Waals surface area contributed by atoms with Gasteiger partial charge in [-0.05, 0) is 86.0 Å². The van der Waals surface area contributed by atoms with Crippen LogP contribution in [0.3, 0.4) is 0 Å². The van der Waals surface area contributed by atoms with Crippen molar-refractivity contribution in [3.63, 3.8) is 0 Å². The number of rotatable bonds is 3. The van der Waals surface area contributed by atoms with Crippen molar-refractivity contribution >= 4 is 17.9 Å². The van der Waals surface area contributed by atoms with Gasteiger partial charge < -0.3 is 19.3 Å². The third-order valence-corrected chi connectivity index (χ3v) is 10.6. The predicted molar refractivity (Wildman–Crippen MR) is 122 cm³/mol. The second-order valence-electron chi connectivity index (χ2n) is 12.0. The maximum absolute atomic E-state index is 12.5. The highest BCUT2D eigenvalue weighted by molar-refractivity contribution is 5.85. The Balaban J connectivity index is 1.50. The molecule has 5 aliphatic rings. The first kappa shape index (κ1) is 23.8. The van der Waals surface area contributed by atoms with Gasteiger partial charge in [-0.2, -0.15) is 0 Å². The fraction of sp³-hybridized carbons (Fsp3) is 0.815. The third kappa shape index (κ3) is 3.36. The Morgan fingerprint density at radius 2 is 1.74 bits per heavy atom. The van der Waals surface area contributed by atoms with Crippen molar-refractivity contribution in [1.29, 1.82) is 0 Å². The predicted octanol–water partition coefficient (Wildman–Crippen LogP) is 3.72. The standard InChI is InChI=1S/C27H38O7/c1-15(28)33-19-7-9-25(3)18(12-19)5-6-21-22(25)13-23(34-16(2)29)26(4)20(8-10-27(21,26)31)17-11-24(30)32-14-17/h11,18-23,31H,5-10,12-14H2,1-4H3. The van der Waals surface area contributed by atoms with Gasteiger partial charge in [0.1, 0.15) is 18.8 Å². The van der Waals surface area contributed by atoms with E-state index >= 15 is 0 Å². The number of carbonyl (C=O) groups is 3. The van der Waals surface area contributed by atoms with Gasteiger partial charge in [-0.25, -0.2) is 4.79 Å². The molecule has 7 heteroatoms. The Hall–Kier alpha value is -1.89. The molecule has 0 bridgehead atoms. The van der Waals surface area contributed by atoms with E-state index in [4.69, 9.17) is 14.2 Å². The molecule has 34 heavy (non-hydrogen) atoms. The number of hydrogen-bond donors (Lipinski definition) is 1. The molecule has 0 saturated heterocycles. The molecular formula is C27H38O7. The summed E-state index contributed by atoms with van der Waals surface area (Å²) in [6.45, 7) is 7.59. The molecule has 1 heterocycles. The maximum Gasteiger partial charge on any atom is 0.331 e. The summed E-state index contributed by atoms with van der Waals surface area (Å²) in [7, 11) is 0. The molecule has 4 fully saturated rings. The lowest BCUT2D eigenvalue weighted by molar-refractivity contribution is -0.251. The van der Waals surface area contributed by atoms with Crippen LogP contribution in [0, 0.1) is 34.5 Å². The van der Waals surface area contributed by atoms with Crippen LogP contribution in [0.2, 0.25) is 0 Å². The minimum atomic E-state index is -0.978. The molecule has 188 valence electrons. The fourth-order valence-electron chi connectivity index (χ4n) is 9.04. The highest BCUT2D eigenvalue weighted by Crippen LogP contribution is 2.70. The zero-order valence-electron chi connectivity index (χ0n) is 20.8. The first-order chi connectivity index (χ1) is 16.0. The van der Waals surface area contributed by atoms with Crippen LogP contribution in [0.1, 0.15) is 79.1 Å². The van der Waals surface area contributed by atoms with Crippen LogP contribution in [0.4, 0.5) is 0 Å². The Labute approximate surface area is 201 Å². The summed E-state index contributed by atoms with van der Waals surface area (Å²) in [4.78, 5) is 35.7. The van der Waals surface area contributed by atoms with E-state index in [0.717, 1.165) is 44.1 Å². The molecule has 0 amide bonds. The molecule has 0 aromatic heterocycles. The van der Waals surface area contributed by atoms with Crippen LogP contribution in [0.15, 0.2) is 11.6 Å². The fourth-order valence-corrected chi connectivity index (χ4v) is 9.04. The quantitative estimate of drug-likeness (QED) is 0.492. The molecule has 0 aromatic rings. The molecule has 9 atom stereocenters. The van der Waals surface area contributed by atoms with Gasteiger partial charge in [0.2, 0.25) is 0 Å². The Kier molecular flexibility index (Phi) is 5.66. The van der Waals surface area contributed by atoms with Crippen LogP contribution in [-0.4, -0.2) is 47.4 Å². The first-order valence-corrected chi connectivity index (χ1v) is 12.9. The molecule has 4 saturated carbocycles. The second-order valence-corrected chi connectivity index (χ2v) is 12.0. The van der Waals surface area contributed by atoms with Crippen LogP contribution < -0.4 is 0 Å².